The van der Waals surface area contributed by atoms with Gasteiger partial charge in [-0.1, -0.05) is 6.42 Å². The first-order valence-corrected chi connectivity index (χ1v) is 7.38. The second-order valence-electron chi connectivity index (χ2n) is 3.82. The maximum Gasteiger partial charge on any atom is -0.0316 e. The molecule has 0 nitrogen and oxygen atoms in total. The topological polar surface area (TPSA) is 0 Å². The van der Waals surface area contributed by atoms with Gasteiger partial charge in [-0.05, 0) is 49.1 Å². The molecule has 0 bridgehead atoms. The first kappa shape index (κ1) is 11.4. The van der Waals surface area contributed by atoms with Crippen LogP contribution in [0.15, 0.2) is 0 Å². The lowest BCUT2D eigenvalue weighted by molar-refractivity contribution is 0.209. The average molecular weight is 222 g/mol. The Kier molecular flexibility index (Phi) is 5.59. The largest absolute Gasteiger partial charge is 0.137 e. The minimum Gasteiger partial charge on any atom is -0.137 e. The van der Waals surface area contributed by atoms with Gasteiger partial charge in [0.25, 0.3) is 0 Å². The van der Waals surface area contributed by atoms with Gasteiger partial charge in [-0.2, -0.15) is 0 Å². The van der Waals surface area contributed by atoms with Crippen molar-refractivity contribution in [2.45, 2.75) is 19.3 Å². The lowest BCUT2D eigenvalue weighted by Gasteiger charge is -2.36. The summed E-state index contributed by atoms with van der Waals surface area (Å²) in [6, 6.07) is 0. The van der Waals surface area contributed by atoms with Crippen LogP contribution in [-0.4, -0.2) is 18.5 Å². The molecule has 1 saturated carbocycles. The van der Waals surface area contributed by atoms with E-state index in [-0.39, 0.29) is 0 Å². The molecule has 0 aromatic rings. The second-order valence-corrected chi connectivity index (χ2v) is 5.24. The Morgan fingerprint density at radius 3 is 1.67 bits per heavy atom. The van der Waals surface area contributed by atoms with Gasteiger partial charge in [0.15, 0.2) is 0 Å². The SMILES string of the molecule is PCC1CCCC(CP)C1CP. The molecule has 1 aliphatic rings. The van der Waals surface area contributed by atoms with E-state index in [1.165, 1.54) is 37.7 Å². The lowest BCUT2D eigenvalue weighted by atomic mass is 9.74. The van der Waals surface area contributed by atoms with Crippen LogP contribution in [0.1, 0.15) is 19.3 Å². The molecule has 72 valence electrons. The standard InChI is InChI=1S/C9H21P3/c10-4-7-2-1-3-8(5-11)9(7)6-12/h7-9H,1-6,10-12H2. The summed E-state index contributed by atoms with van der Waals surface area (Å²) in [4.78, 5) is 0. The fourth-order valence-electron chi connectivity index (χ4n) is 2.43. The molecule has 0 amide bonds. The first-order chi connectivity index (χ1) is 5.83. The van der Waals surface area contributed by atoms with Gasteiger partial charge < -0.3 is 0 Å². The Bertz CT molecular complexity index is 115. The molecule has 1 aliphatic carbocycles. The zero-order valence-electron chi connectivity index (χ0n) is 7.71. The normalized spacial score (nSPS) is 36.8. The van der Waals surface area contributed by atoms with Crippen LogP contribution in [0.25, 0.3) is 0 Å². The predicted octanol–water partition coefficient (Wildman–Crippen LogP) is 2.64. The van der Waals surface area contributed by atoms with Crippen molar-refractivity contribution in [2.75, 3.05) is 18.5 Å². The van der Waals surface area contributed by atoms with Crippen molar-refractivity contribution in [3.8, 4) is 0 Å². The summed E-state index contributed by atoms with van der Waals surface area (Å²) in [7, 11) is 8.77. The Morgan fingerprint density at radius 2 is 1.33 bits per heavy atom. The molecule has 0 spiro atoms. The zero-order valence-corrected chi connectivity index (χ0v) is 11.2. The Labute approximate surface area is 83.6 Å². The molecule has 0 heterocycles. The van der Waals surface area contributed by atoms with Crippen LogP contribution in [-0.2, 0) is 0 Å². The highest BCUT2D eigenvalue weighted by Gasteiger charge is 2.29. The summed E-state index contributed by atoms with van der Waals surface area (Å²) < 4.78 is 0. The fraction of sp³-hybridized carbons (Fsp3) is 1.00. The summed E-state index contributed by atoms with van der Waals surface area (Å²) in [6.45, 7) is 0. The maximum absolute atomic E-state index is 2.93. The molecule has 0 aliphatic heterocycles. The minimum atomic E-state index is 0.971. The van der Waals surface area contributed by atoms with Crippen LogP contribution in [0.5, 0.6) is 0 Å². The summed E-state index contributed by atoms with van der Waals surface area (Å²) >= 11 is 0. The van der Waals surface area contributed by atoms with E-state index in [4.69, 9.17) is 0 Å². The Morgan fingerprint density at radius 1 is 0.833 bits per heavy atom. The number of rotatable bonds is 3. The summed E-state index contributed by atoms with van der Waals surface area (Å²) in [5.74, 6) is 2.93. The van der Waals surface area contributed by atoms with E-state index >= 15 is 0 Å². The van der Waals surface area contributed by atoms with E-state index in [0.717, 1.165) is 17.8 Å². The Balaban J connectivity index is 2.52. The molecule has 1 rings (SSSR count). The average Bonchev–Trinajstić information content (AvgIpc) is 2.16. The molecule has 12 heavy (non-hydrogen) atoms. The third kappa shape index (κ3) is 2.64. The van der Waals surface area contributed by atoms with Crippen molar-refractivity contribution in [1.82, 2.24) is 0 Å². The van der Waals surface area contributed by atoms with Crippen molar-refractivity contribution in [3.63, 3.8) is 0 Å². The first-order valence-electron chi connectivity index (χ1n) is 4.93. The highest BCUT2D eigenvalue weighted by molar-refractivity contribution is 7.17. The van der Waals surface area contributed by atoms with Crippen molar-refractivity contribution in [3.05, 3.63) is 0 Å². The van der Waals surface area contributed by atoms with Crippen molar-refractivity contribution in [2.24, 2.45) is 17.8 Å². The molecule has 5 atom stereocenters. The zero-order chi connectivity index (χ0) is 8.97. The van der Waals surface area contributed by atoms with Gasteiger partial charge in [-0.3, -0.25) is 0 Å². The molecule has 0 saturated heterocycles. The third-order valence-electron chi connectivity index (χ3n) is 3.24. The van der Waals surface area contributed by atoms with E-state index < -0.39 is 0 Å². The molecule has 0 N–H and O–H groups in total. The van der Waals surface area contributed by atoms with E-state index in [0.29, 0.717) is 0 Å². The Hall–Kier alpha value is 1.29. The molecule has 1 fully saturated rings. The highest BCUT2D eigenvalue weighted by Crippen LogP contribution is 2.37. The van der Waals surface area contributed by atoms with Gasteiger partial charge in [0, 0.05) is 0 Å². The molecule has 0 aromatic carbocycles. The van der Waals surface area contributed by atoms with Crippen LogP contribution >= 0.6 is 27.7 Å². The van der Waals surface area contributed by atoms with Crippen LogP contribution in [0, 0.1) is 17.8 Å². The smallest absolute Gasteiger partial charge is 0.0316 e. The van der Waals surface area contributed by atoms with Crippen molar-refractivity contribution in [1.29, 1.82) is 0 Å². The molecule has 0 radical (unpaired) electrons. The molecular formula is C9H21P3. The highest BCUT2D eigenvalue weighted by atomic mass is 31.0. The second kappa shape index (κ2) is 5.90. The molecule has 3 heteroatoms. The molecule has 5 unspecified atom stereocenters. The third-order valence-corrected chi connectivity index (χ3v) is 4.99. The van der Waals surface area contributed by atoms with Crippen LogP contribution in [0.2, 0.25) is 0 Å². The minimum absolute atomic E-state index is 0.971. The van der Waals surface area contributed by atoms with Gasteiger partial charge in [-0.15, -0.1) is 27.7 Å². The van der Waals surface area contributed by atoms with Crippen molar-refractivity contribution >= 4 is 27.7 Å². The van der Waals surface area contributed by atoms with E-state index in [2.05, 4.69) is 27.7 Å². The molecule has 0 aromatic heterocycles. The van der Waals surface area contributed by atoms with Gasteiger partial charge in [0.1, 0.15) is 0 Å². The summed E-state index contributed by atoms with van der Waals surface area (Å²) in [5.41, 5.74) is 0. The van der Waals surface area contributed by atoms with Gasteiger partial charge >= 0.3 is 0 Å². The van der Waals surface area contributed by atoms with E-state index in [1.807, 2.05) is 0 Å². The molecular weight excluding hydrogens is 201 g/mol. The lowest BCUT2D eigenvalue weighted by Crippen LogP contribution is -2.31. The monoisotopic (exact) mass is 222 g/mol. The summed E-state index contributed by atoms with van der Waals surface area (Å²) in [5, 5.41) is 0. The van der Waals surface area contributed by atoms with Crippen molar-refractivity contribution < 1.29 is 0 Å². The predicted molar refractivity (Wildman–Crippen MR) is 68.1 cm³/mol. The van der Waals surface area contributed by atoms with Crippen LogP contribution < -0.4 is 0 Å². The fourth-order valence-corrected chi connectivity index (χ4v) is 4.37. The van der Waals surface area contributed by atoms with Gasteiger partial charge in [0.05, 0.1) is 0 Å². The quantitative estimate of drug-likeness (QED) is 0.644. The van der Waals surface area contributed by atoms with Gasteiger partial charge in [0.2, 0.25) is 0 Å². The number of hydrogen-bond donors (Lipinski definition) is 0. The van der Waals surface area contributed by atoms with Gasteiger partial charge in [-0.25, -0.2) is 0 Å². The van der Waals surface area contributed by atoms with E-state index in [1.54, 1.807) is 0 Å². The van der Waals surface area contributed by atoms with Crippen LogP contribution in [0.3, 0.4) is 0 Å². The van der Waals surface area contributed by atoms with E-state index in [9.17, 15) is 0 Å². The van der Waals surface area contributed by atoms with Crippen LogP contribution in [0.4, 0.5) is 0 Å². The number of hydrogen-bond acceptors (Lipinski definition) is 0. The summed E-state index contributed by atoms with van der Waals surface area (Å²) in [6.07, 6.45) is 8.30. The maximum atomic E-state index is 2.93.